The minimum absolute atomic E-state index is 0.0507. The van der Waals surface area contributed by atoms with Crippen LogP contribution in [0.4, 0.5) is 5.69 Å². The zero-order chi connectivity index (χ0) is 20.9. The van der Waals surface area contributed by atoms with Gasteiger partial charge >= 0.3 is 0 Å². The molecular formula is C21H23N5O2S2. The Hall–Kier alpha value is -2.52. The average Bonchev–Trinajstić information content (AvgIpc) is 3.15. The maximum absolute atomic E-state index is 13.1. The zero-order valence-electron chi connectivity index (χ0n) is 16.9. The molecule has 1 amide bonds. The van der Waals surface area contributed by atoms with Crippen LogP contribution in [-0.2, 0) is 4.79 Å². The summed E-state index contributed by atoms with van der Waals surface area (Å²) in [4.78, 5) is 16.2. The van der Waals surface area contributed by atoms with E-state index in [2.05, 4.69) is 28.5 Å². The Labute approximate surface area is 184 Å². The molecule has 4 rings (SSSR count). The monoisotopic (exact) mass is 441 g/mol. The van der Waals surface area contributed by atoms with E-state index in [1.165, 1.54) is 11.8 Å². The predicted molar refractivity (Wildman–Crippen MR) is 120 cm³/mol. The van der Waals surface area contributed by atoms with Crippen molar-refractivity contribution in [1.29, 1.82) is 0 Å². The Bertz CT molecular complexity index is 1030. The molecule has 7 nitrogen and oxygen atoms in total. The molecule has 0 spiro atoms. The van der Waals surface area contributed by atoms with Crippen molar-refractivity contribution in [3.63, 3.8) is 0 Å². The second kappa shape index (κ2) is 9.53. The molecule has 1 aliphatic heterocycles. The van der Waals surface area contributed by atoms with Crippen LogP contribution in [0.5, 0.6) is 5.75 Å². The highest BCUT2D eigenvalue weighted by Gasteiger charge is 2.25. The van der Waals surface area contributed by atoms with Crippen LogP contribution in [-0.4, -0.2) is 50.3 Å². The van der Waals surface area contributed by atoms with Crippen molar-refractivity contribution in [2.24, 2.45) is 0 Å². The largest absolute Gasteiger partial charge is 0.492 e. The van der Waals surface area contributed by atoms with E-state index in [1.807, 2.05) is 66.1 Å². The fourth-order valence-electron chi connectivity index (χ4n) is 3.28. The van der Waals surface area contributed by atoms with Gasteiger partial charge in [-0.15, -0.1) is 16.9 Å². The normalized spacial score (nSPS) is 16.1. The van der Waals surface area contributed by atoms with Gasteiger partial charge in [0.05, 0.1) is 18.0 Å². The van der Waals surface area contributed by atoms with Crippen molar-refractivity contribution in [2.75, 3.05) is 23.8 Å². The number of benzene rings is 2. The first-order chi connectivity index (χ1) is 14.7. The molecule has 0 radical (unpaired) electrons. The van der Waals surface area contributed by atoms with E-state index < -0.39 is 0 Å². The van der Waals surface area contributed by atoms with Crippen molar-refractivity contribution >= 4 is 35.1 Å². The SMILES string of the molecule is CCOc1ccccc1-n1nnnc1SCC(=O)N1CCC(C)Sc2ccccc21. The van der Waals surface area contributed by atoms with Crippen molar-refractivity contribution in [2.45, 2.75) is 35.6 Å². The van der Waals surface area contributed by atoms with Crippen LogP contribution < -0.4 is 9.64 Å². The number of tetrazole rings is 1. The summed E-state index contributed by atoms with van der Waals surface area (Å²) < 4.78 is 7.32. The first kappa shape index (κ1) is 20.7. The minimum atomic E-state index is 0.0507. The smallest absolute Gasteiger partial charge is 0.237 e. The third kappa shape index (κ3) is 4.46. The van der Waals surface area contributed by atoms with Crippen LogP contribution in [0.3, 0.4) is 0 Å². The Morgan fingerprint density at radius 2 is 1.97 bits per heavy atom. The molecule has 0 N–H and O–H groups in total. The summed E-state index contributed by atoms with van der Waals surface area (Å²) in [6.45, 7) is 5.39. The van der Waals surface area contributed by atoms with E-state index in [-0.39, 0.29) is 11.7 Å². The molecule has 2 heterocycles. The summed E-state index contributed by atoms with van der Waals surface area (Å²) in [7, 11) is 0. The van der Waals surface area contributed by atoms with Gasteiger partial charge in [-0.1, -0.05) is 43.0 Å². The van der Waals surface area contributed by atoms with E-state index in [0.717, 1.165) is 22.7 Å². The molecule has 156 valence electrons. The number of aromatic nitrogens is 4. The van der Waals surface area contributed by atoms with Gasteiger partial charge in [-0.3, -0.25) is 4.79 Å². The highest BCUT2D eigenvalue weighted by molar-refractivity contribution is 8.00. The molecule has 1 unspecified atom stereocenters. The third-order valence-corrected chi connectivity index (χ3v) is 6.84. The molecular weight excluding hydrogens is 418 g/mol. The van der Waals surface area contributed by atoms with Gasteiger partial charge in [0.1, 0.15) is 11.4 Å². The maximum Gasteiger partial charge on any atom is 0.237 e. The lowest BCUT2D eigenvalue weighted by molar-refractivity contribution is -0.116. The summed E-state index contributed by atoms with van der Waals surface area (Å²) in [6, 6.07) is 15.7. The fraction of sp³-hybridized carbons (Fsp3) is 0.333. The number of anilines is 1. The standard InChI is InChI=1S/C21H23N5O2S2/c1-3-28-18-10-6-4-8-16(18)26-21(22-23-24-26)29-14-20(27)25-13-12-15(2)30-19-11-7-5-9-17(19)25/h4-11,15H,3,12-14H2,1-2H3. The van der Waals surface area contributed by atoms with Crippen molar-refractivity contribution in [3.8, 4) is 11.4 Å². The van der Waals surface area contributed by atoms with E-state index in [0.29, 0.717) is 29.3 Å². The van der Waals surface area contributed by atoms with Crippen molar-refractivity contribution in [3.05, 3.63) is 48.5 Å². The fourth-order valence-corrected chi connectivity index (χ4v) is 5.15. The number of ether oxygens (including phenoxy) is 1. The topological polar surface area (TPSA) is 73.1 Å². The number of hydrogen-bond donors (Lipinski definition) is 0. The zero-order valence-corrected chi connectivity index (χ0v) is 18.5. The number of hydrogen-bond acceptors (Lipinski definition) is 7. The second-order valence-electron chi connectivity index (χ2n) is 6.79. The number of rotatable bonds is 6. The number of carbonyl (C=O) groups is 1. The summed E-state index contributed by atoms with van der Waals surface area (Å²) >= 11 is 3.16. The van der Waals surface area contributed by atoms with Gasteiger partial charge in [0.15, 0.2) is 0 Å². The summed E-state index contributed by atoms with van der Waals surface area (Å²) in [5, 5.41) is 13.1. The molecule has 3 aromatic rings. The lowest BCUT2D eigenvalue weighted by atomic mass is 10.2. The Morgan fingerprint density at radius 3 is 2.80 bits per heavy atom. The molecule has 30 heavy (non-hydrogen) atoms. The number of para-hydroxylation sites is 3. The molecule has 1 atom stereocenters. The van der Waals surface area contributed by atoms with Crippen molar-refractivity contribution < 1.29 is 9.53 Å². The third-order valence-electron chi connectivity index (χ3n) is 4.70. The van der Waals surface area contributed by atoms with Crippen LogP contribution in [0.2, 0.25) is 0 Å². The summed E-state index contributed by atoms with van der Waals surface area (Å²) in [6.07, 6.45) is 0.954. The lowest BCUT2D eigenvalue weighted by Crippen LogP contribution is -2.33. The minimum Gasteiger partial charge on any atom is -0.492 e. The van der Waals surface area contributed by atoms with Gasteiger partial charge in [0.2, 0.25) is 11.1 Å². The molecule has 0 aliphatic carbocycles. The van der Waals surface area contributed by atoms with Gasteiger partial charge in [-0.2, -0.15) is 4.68 Å². The van der Waals surface area contributed by atoms with Crippen LogP contribution in [0.15, 0.2) is 58.6 Å². The predicted octanol–water partition coefficient (Wildman–Crippen LogP) is 4.07. The van der Waals surface area contributed by atoms with Gasteiger partial charge in [0.25, 0.3) is 0 Å². The number of amides is 1. The van der Waals surface area contributed by atoms with Crippen LogP contribution in [0.1, 0.15) is 20.3 Å². The van der Waals surface area contributed by atoms with Crippen LogP contribution in [0, 0.1) is 0 Å². The molecule has 1 aliphatic rings. The second-order valence-corrected chi connectivity index (χ2v) is 9.22. The van der Waals surface area contributed by atoms with E-state index in [9.17, 15) is 4.79 Å². The van der Waals surface area contributed by atoms with Crippen molar-refractivity contribution in [1.82, 2.24) is 20.2 Å². The van der Waals surface area contributed by atoms with Gasteiger partial charge in [0, 0.05) is 16.7 Å². The van der Waals surface area contributed by atoms with Crippen LogP contribution >= 0.6 is 23.5 Å². The quantitative estimate of drug-likeness (QED) is 0.534. The summed E-state index contributed by atoms with van der Waals surface area (Å²) in [5.41, 5.74) is 1.74. The molecule has 2 aromatic carbocycles. The highest BCUT2D eigenvalue weighted by atomic mass is 32.2. The molecule has 0 saturated heterocycles. The van der Waals surface area contributed by atoms with E-state index in [1.54, 1.807) is 4.68 Å². The maximum atomic E-state index is 13.1. The molecule has 0 bridgehead atoms. The van der Waals surface area contributed by atoms with Gasteiger partial charge < -0.3 is 9.64 Å². The number of nitrogens with zero attached hydrogens (tertiary/aromatic N) is 5. The van der Waals surface area contributed by atoms with Crippen LogP contribution in [0.25, 0.3) is 5.69 Å². The summed E-state index contributed by atoms with van der Waals surface area (Å²) in [5.74, 6) is 1.01. The Balaban J connectivity index is 1.52. The molecule has 9 heteroatoms. The van der Waals surface area contributed by atoms with E-state index in [4.69, 9.17) is 4.74 Å². The first-order valence-corrected chi connectivity index (χ1v) is 11.7. The molecule has 0 fully saturated rings. The van der Waals surface area contributed by atoms with Gasteiger partial charge in [-0.25, -0.2) is 0 Å². The first-order valence-electron chi connectivity index (χ1n) is 9.86. The number of thioether (sulfide) groups is 2. The lowest BCUT2D eigenvalue weighted by Gasteiger charge is -2.22. The average molecular weight is 442 g/mol. The highest BCUT2D eigenvalue weighted by Crippen LogP contribution is 2.37. The van der Waals surface area contributed by atoms with E-state index >= 15 is 0 Å². The molecule has 0 saturated carbocycles. The Morgan fingerprint density at radius 1 is 1.20 bits per heavy atom. The van der Waals surface area contributed by atoms with Gasteiger partial charge in [-0.05, 0) is 48.0 Å². The molecule has 1 aromatic heterocycles. The Kier molecular flexibility index (Phi) is 6.59. The number of fused-ring (bicyclic) bond motifs is 1. The number of carbonyl (C=O) groups excluding carboxylic acids is 1.